The van der Waals surface area contributed by atoms with Gasteiger partial charge < -0.3 is 4.90 Å². The molecule has 0 aliphatic carbocycles. The lowest BCUT2D eigenvalue weighted by Crippen LogP contribution is -2.47. The minimum Gasteiger partial charge on any atom is -0.343 e. The van der Waals surface area contributed by atoms with E-state index in [2.05, 4.69) is 29.2 Å². The van der Waals surface area contributed by atoms with Crippen molar-refractivity contribution in [2.24, 2.45) is 0 Å². The first-order chi connectivity index (χ1) is 9.70. The summed E-state index contributed by atoms with van der Waals surface area (Å²) in [4.78, 5) is 15.9. The lowest BCUT2D eigenvalue weighted by Gasteiger charge is -2.37. The van der Waals surface area contributed by atoms with Crippen molar-refractivity contribution in [2.45, 2.75) is 31.8 Å². The SMILES string of the molecule is CN(C[C@@H]1CCCCN1Cc1ccccc1)C(=O)CCl. The number of hydrogen-bond donors (Lipinski definition) is 0. The Hall–Kier alpha value is -1.06. The van der Waals surface area contributed by atoms with Gasteiger partial charge in [-0.1, -0.05) is 36.8 Å². The number of hydrogen-bond acceptors (Lipinski definition) is 2. The smallest absolute Gasteiger partial charge is 0.237 e. The van der Waals surface area contributed by atoms with Gasteiger partial charge in [-0.3, -0.25) is 9.69 Å². The van der Waals surface area contributed by atoms with Crippen LogP contribution in [0.4, 0.5) is 0 Å². The van der Waals surface area contributed by atoms with Crippen molar-refractivity contribution >= 4 is 17.5 Å². The molecule has 2 rings (SSSR count). The normalized spacial score (nSPS) is 19.8. The van der Waals surface area contributed by atoms with E-state index in [1.165, 1.54) is 18.4 Å². The number of likely N-dealkylation sites (tertiary alicyclic amines) is 1. The lowest BCUT2D eigenvalue weighted by atomic mass is 10.0. The van der Waals surface area contributed by atoms with Gasteiger partial charge >= 0.3 is 0 Å². The van der Waals surface area contributed by atoms with Gasteiger partial charge in [-0.05, 0) is 24.9 Å². The summed E-state index contributed by atoms with van der Waals surface area (Å²) in [6, 6.07) is 11.0. The maximum absolute atomic E-state index is 11.6. The van der Waals surface area contributed by atoms with Crippen molar-refractivity contribution < 1.29 is 4.79 Å². The first kappa shape index (κ1) is 15.3. The fraction of sp³-hybridized carbons (Fsp3) is 0.562. The van der Waals surface area contributed by atoms with Crippen LogP contribution in [-0.2, 0) is 11.3 Å². The number of carbonyl (C=O) groups excluding carboxylic acids is 1. The summed E-state index contributed by atoms with van der Waals surface area (Å²) in [7, 11) is 1.85. The molecule has 0 spiro atoms. The van der Waals surface area contributed by atoms with Crippen LogP contribution in [0.5, 0.6) is 0 Å². The number of benzene rings is 1. The molecular weight excluding hydrogens is 272 g/mol. The van der Waals surface area contributed by atoms with Gasteiger partial charge in [-0.2, -0.15) is 0 Å². The number of piperidine rings is 1. The first-order valence-corrected chi connectivity index (χ1v) is 7.82. The average molecular weight is 295 g/mol. The van der Waals surface area contributed by atoms with E-state index in [1.807, 2.05) is 13.1 Å². The molecule has 20 heavy (non-hydrogen) atoms. The van der Waals surface area contributed by atoms with Gasteiger partial charge in [-0.25, -0.2) is 0 Å². The minimum absolute atomic E-state index is 0.0110. The Morgan fingerprint density at radius 3 is 2.80 bits per heavy atom. The third-order valence-corrected chi connectivity index (χ3v) is 4.23. The van der Waals surface area contributed by atoms with Crippen LogP contribution in [0.2, 0.25) is 0 Å². The third-order valence-electron chi connectivity index (χ3n) is 4.00. The Kier molecular flexibility index (Phi) is 5.86. The zero-order valence-corrected chi connectivity index (χ0v) is 12.9. The summed E-state index contributed by atoms with van der Waals surface area (Å²) in [5.74, 6) is 0.0824. The lowest BCUT2D eigenvalue weighted by molar-refractivity contribution is -0.128. The summed E-state index contributed by atoms with van der Waals surface area (Å²) in [6.45, 7) is 2.86. The number of rotatable bonds is 5. The van der Waals surface area contributed by atoms with Crippen LogP contribution in [0.25, 0.3) is 0 Å². The largest absolute Gasteiger partial charge is 0.343 e. The van der Waals surface area contributed by atoms with E-state index in [0.29, 0.717) is 6.04 Å². The second-order valence-electron chi connectivity index (χ2n) is 5.51. The molecule has 0 saturated carbocycles. The number of carbonyl (C=O) groups is 1. The Labute approximate surface area is 126 Å². The highest BCUT2D eigenvalue weighted by Crippen LogP contribution is 2.20. The Balaban J connectivity index is 1.96. The topological polar surface area (TPSA) is 23.6 Å². The highest BCUT2D eigenvalue weighted by molar-refractivity contribution is 6.27. The van der Waals surface area contributed by atoms with E-state index in [1.54, 1.807) is 4.90 Å². The van der Waals surface area contributed by atoms with Gasteiger partial charge in [0.1, 0.15) is 5.88 Å². The van der Waals surface area contributed by atoms with E-state index in [4.69, 9.17) is 11.6 Å². The van der Waals surface area contributed by atoms with Gasteiger partial charge in [0, 0.05) is 26.2 Å². The highest BCUT2D eigenvalue weighted by atomic mass is 35.5. The van der Waals surface area contributed by atoms with Crippen LogP contribution in [-0.4, -0.2) is 47.8 Å². The molecule has 110 valence electrons. The molecule has 1 aromatic rings. The summed E-state index contributed by atoms with van der Waals surface area (Å²) in [5.41, 5.74) is 1.34. The van der Waals surface area contributed by atoms with Gasteiger partial charge in [0.15, 0.2) is 0 Å². The molecular formula is C16H23ClN2O. The molecule has 1 fully saturated rings. The number of halogens is 1. The molecule has 1 aromatic carbocycles. The Morgan fingerprint density at radius 1 is 1.35 bits per heavy atom. The van der Waals surface area contributed by atoms with Crippen LogP contribution < -0.4 is 0 Å². The van der Waals surface area contributed by atoms with E-state index >= 15 is 0 Å². The van der Waals surface area contributed by atoms with Crippen molar-refractivity contribution in [3.05, 3.63) is 35.9 Å². The summed E-state index contributed by atoms with van der Waals surface area (Å²) in [5, 5.41) is 0. The van der Waals surface area contributed by atoms with Gasteiger partial charge in [0.2, 0.25) is 5.91 Å². The number of likely N-dealkylation sites (N-methyl/N-ethyl adjacent to an activating group) is 1. The molecule has 1 amide bonds. The van der Waals surface area contributed by atoms with Crippen LogP contribution in [0.3, 0.4) is 0 Å². The van der Waals surface area contributed by atoms with Crippen LogP contribution >= 0.6 is 11.6 Å². The van der Waals surface area contributed by atoms with Crippen molar-refractivity contribution in [1.29, 1.82) is 0 Å². The molecule has 0 radical (unpaired) electrons. The quantitative estimate of drug-likeness (QED) is 0.780. The first-order valence-electron chi connectivity index (χ1n) is 7.28. The minimum atomic E-state index is 0.0110. The number of nitrogens with zero attached hydrogens (tertiary/aromatic N) is 2. The fourth-order valence-electron chi connectivity index (χ4n) is 2.81. The number of alkyl halides is 1. The summed E-state index contributed by atoms with van der Waals surface area (Å²) >= 11 is 5.63. The van der Waals surface area contributed by atoms with Crippen molar-refractivity contribution in [3.63, 3.8) is 0 Å². The molecule has 0 bridgehead atoms. The second kappa shape index (κ2) is 7.65. The van der Waals surface area contributed by atoms with Crippen LogP contribution in [0.1, 0.15) is 24.8 Å². The van der Waals surface area contributed by atoms with Crippen molar-refractivity contribution in [2.75, 3.05) is 26.0 Å². The second-order valence-corrected chi connectivity index (χ2v) is 5.78. The van der Waals surface area contributed by atoms with E-state index < -0.39 is 0 Å². The fourth-order valence-corrected chi connectivity index (χ4v) is 3.02. The molecule has 1 atom stereocenters. The van der Waals surface area contributed by atoms with Crippen LogP contribution in [0, 0.1) is 0 Å². The standard InChI is InChI=1S/C16H23ClN2O/c1-18(16(20)11-17)13-15-9-5-6-10-19(15)12-14-7-3-2-4-8-14/h2-4,7-8,15H,5-6,9-13H2,1H3/t15-/m0/s1. The molecule has 1 aliphatic rings. The third kappa shape index (κ3) is 4.22. The molecule has 1 aliphatic heterocycles. The van der Waals surface area contributed by atoms with Crippen molar-refractivity contribution in [1.82, 2.24) is 9.80 Å². The monoisotopic (exact) mass is 294 g/mol. The predicted octanol–water partition coefficient (Wildman–Crippen LogP) is 2.74. The zero-order chi connectivity index (χ0) is 14.4. The predicted molar refractivity (Wildman–Crippen MR) is 82.8 cm³/mol. The maximum atomic E-state index is 11.6. The number of amides is 1. The molecule has 4 heteroatoms. The zero-order valence-electron chi connectivity index (χ0n) is 12.1. The Morgan fingerprint density at radius 2 is 2.10 bits per heavy atom. The molecule has 3 nitrogen and oxygen atoms in total. The van der Waals surface area contributed by atoms with Gasteiger partial charge in [0.25, 0.3) is 0 Å². The van der Waals surface area contributed by atoms with E-state index in [-0.39, 0.29) is 11.8 Å². The van der Waals surface area contributed by atoms with Gasteiger partial charge in [0.05, 0.1) is 0 Å². The van der Waals surface area contributed by atoms with E-state index in [0.717, 1.165) is 26.1 Å². The van der Waals surface area contributed by atoms with Crippen molar-refractivity contribution in [3.8, 4) is 0 Å². The summed E-state index contributed by atoms with van der Waals surface area (Å²) in [6.07, 6.45) is 3.65. The molecule has 0 unspecified atom stereocenters. The molecule has 0 N–H and O–H groups in total. The van der Waals surface area contributed by atoms with Gasteiger partial charge in [-0.15, -0.1) is 11.6 Å². The Bertz CT molecular complexity index is 424. The summed E-state index contributed by atoms with van der Waals surface area (Å²) < 4.78 is 0. The average Bonchev–Trinajstić information content (AvgIpc) is 2.49. The van der Waals surface area contributed by atoms with E-state index in [9.17, 15) is 4.79 Å². The highest BCUT2D eigenvalue weighted by Gasteiger charge is 2.24. The molecule has 1 saturated heterocycles. The van der Waals surface area contributed by atoms with Crippen LogP contribution in [0.15, 0.2) is 30.3 Å². The molecule has 1 heterocycles. The maximum Gasteiger partial charge on any atom is 0.237 e. The molecule has 0 aromatic heterocycles.